The molecule has 0 aromatic heterocycles. The van der Waals surface area contributed by atoms with Crippen LogP contribution in [-0.4, -0.2) is 29.6 Å². The third kappa shape index (κ3) is 2.74. The maximum absolute atomic E-state index is 9.54. The number of hydrogen-bond acceptors (Lipinski definition) is 3. The average Bonchev–Trinajstić information content (AvgIpc) is 3.17. The third-order valence-electron chi connectivity index (χ3n) is 3.88. The summed E-state index contributed by atoms with van der Waals surface area (Å²) in [5.74, 6) is 0. The van der Waals surface area contributed by atoms with Crippen molar-refractivity contribution in [3.63, 3.8) is 0 Å². The van der Waals surface area contributed by atoms with Gasteiger partial charge in [-0.2, -0.15) is 5.26 Å². The molecule has 0 amide bonds. The van der Waals surface area contributed by atoms with Crippen LogP contribution in [0.25, 0.3) is 0 Å². The zero-order chi connectivity index (χ0) is 13.5. The number of nitrogens with one attached hydrogen (secondary N) is 1. The number of rotatable bonds is 3. The molecule has 1 heterocycles. The van der Waals surface area contributed by atoms with Crippen LogP contribution in [0.15, 0.2) is 22.7 Å². The molecule has 5 heteroatoms. The summed E-state index contributed by atoms with van der Waals surface area (Å²) >= 11 is 9.41. The van der Waals surface area contributed by atoms with Gasteiger partial charge in [-0.3, -0.25) is 4.90 Å². The van der Waals surface area contributed by atoms with E-state index in [0.29, 0.717) is 11.1 Å². The molecule has 2 aliphatic rings. The van der Waals surface area contributed by atoms with E-state index in [2.05, 4.69) is 32.2 Å². The molecule has 3 rings (SSSR count). The fourth-order valence-electron chi connectivity index (χ4n) is 2.66. The SMILES string of the molecule is N#CC1(Nc2ccc(Cl)c(Br)c2)CCN(C2CC2)C1. The molecule has 1 aromatic carbocycles. The third-order valence-corrected chi connectivity index (χ3v) is 5.09. The van der Waals surface area contributed by atoms with Crippen LogP contribution in [0.5, 0.6) is 0 Å². The van der Waals surface area contributed by atoms with Gasteiger partial charge in [0.2, 0.25) is 0 Å². The Bertz CT molecular complexity index is 538. The van der Waals surface area contributed by atoms with Crippen LogP contribution < -0.4 is 5.32 Å². The van der Waals surface area contributed by atoms with Crippen LogP contribution in [0.1, 0.15) is 19.3 Å². The van der Waals surface area contributed by atoms with E-state index in [-0.39, 0.29) is 0 Å². The van der Waals surface area contributed by atoms with Crippen molar-refractivity contribution in [2.24, 2.45) is 0 Å². The van der Waals surface area contributed by atoms with Crippen molar-refractivity contribution in [1.29, 1.82) is 5.26 Å². The highest BCUT2D eigenvalue weighted by Crippen LogP contribution is 2.35. The van der Waals surface area contributed by atoms with Crippen LogP contribution >= 0.6 is 27.5 Å². The molecular formula is C14H15BrClN3. The lowest BCUT2D eigenvalue weighted by atomic mass is 10.0. The van der Waals surface area contributed by atoms with E-state index in [1.54, 1.807) is 0 Å². The van der Waals surface area contributed by atoms with E-state index < -0.39 is 5.54 Å². The molecular weight excluding hydrogens is 326 g/mol. The van der Waals surface area contributed by atoms with Crippen LogP contribution in [0.2, 0.25) is 5.02 Å². The summed E-state index contributed by atoms with van der Waals surface area (Å²) in [5, 5.41) is 13.6. The Balaban J connectivity index is 1.76. The van der Waals surface area contributed by atoms with Gasteiger partial charge in [-0.25, -0.2) is 0 Å². The van der Waals surface area contributed by atoms with Gasteiger partial charge in [-0.05, 0) is 53.4 Å². The Morgan fingerprint density at radius 2 is 2.26 bits per heavy atom. The number of benzene rings is 1. The summed E-state index contributed by atoms with van der Waals surface area (Å²) in [4.78, 5) is 2.43. The van der Waals surface area contributed by atoms with Gasteiger partial charge in [0.25, 0.3) is 0 Å². The van der Waals surface area contributed by atoms with Crippen molar-refractivity contribution in [3.8, 4) is 6.07 Å². The van der Waals surface area contributed by atoms with Crippen molar-refractivity contribution < 1.29 is 0 Å². The summed E-state index contributed by atoms with van der Waals surface area (Å²) < 4.78 is 0.851. The minimum absolute atomic E-state index is 0.462. The number of anilines is 1. The molecule has 1 N–H and O–H groups in total. The van der Waals surface area contributed by atoms with Gasteiger partial charge in [-0.15, -0.1) is 0 Å². The first-order valence-corrected chi connectivity index (χ1v) is 7.67. The van der Waals surface area contributed by atoms with Gasteiger partial charge in [-0.1, -0.05) is 11.6 Å². The Morgan fingerprint density at radius 3 is 2.89 bits per heavy atom. The monoisotopic (exact) mass is 339 g/mol. The normalized spacial score (nSPS) is 27.2. The molecule has 1 saturated heterocycles. The Labute approximate surface area is 126 Å². The number of hydrogen-bond donors (Lipinski definition) is 1. The lowest BCUT2D eigenvalue weighted by Gasteiger charge is -2.24. The number of nitriles is 1. The summed E-state index contributed by atoms with van der Waals surface area (Å²) in [7, 11) is 0. The predicted molar refractivity (Wildman–Crippen MR) is 80.3 cm³/mol. The molecule has 19 heavy (non-hydrogen) atoms. The van der Waals surface area contributed by atoms with Crippen molar-refractivity contribution in [2.75, 3.05) is 18.4 Å². The summed E-state index contributed by atoms with van der Waals surface area (Å²) in [6, 6.07) is 8.88. The van der Waals surface area contributed by atoms with Gasteiger partial charge in [0.15, 0.2) is 0 Å². The molecule has 0 bridgehead atoms. The van der Waals surface area contributed by atoms with Crippen molar-refractivity contribution >= 4 is 33.2 Å². The molecule has 100 valence electrons. The molecule has 1 aliphatic heterocycles. The number of nitrogens with zero attached hydrogens (tertiary/aromatic N) is 2. The molecule has 0 radical (unpaired) electrons. The second-order valence-corrected chi connectivity index (χ2v) is 6.66. The average molecular weight is 341 g/mol. The highest BCUT2D eigenvalue weighted by Gasteiger charge is 2.43. The van der Waals surface area contributed by atoms with E-state index in [9.17, 15) is 5.26 Å². The van der Waals surface area contributed by atoms with E-state index in [1.807, 2.05) is 18.2 Å². The second-order valence-electron chi connectivity index (χ2n) is 5.40. The largest absolute Gasteiger partial charge is 0.366 e. The number of likely N-dealkylation sites (tertiary alicyclic amines) is 1. The van der Waals surface area contributed by atoms with Gasteiger partial charge in [0, 0.05) is 29.3 Å². The fourth-order valence-corrected chi connectivity index (χ4v) is 3.16. The molecule has 3 nitrogen and oxygen atoms in total. The second kappa shape index (κ2) is 4.97. The quantitative estimate of drug-likeness (QED) is 0.913. The summed E-state index contributed by atoms with van der Waals surface area (Å²) in [6.45, 7) is 1.83. The van der Waals surface area contributed by atoms with Crippen LogP contribution in [0.3, 0.4) is 0 Å². The maximum Gasteiger partial charge on any atom is 0.139 e. The standard InChI is InChI=1S/C14H15BrClN3/c15-12-7-10(1-4-13(12)16)18-14(8-17)5-6-19(9-14)11-2-3-11/h1,4,7,11,18H,2-3,5-6,9H2. The van der Waals surface area contributed by atoms with Crippen LogP contribution in [0, 0.1) is 11.3 Å². The minimum Gasteiger partial charge on any atom is -0.366 e. The molecule has 0 spiro atoms. The van der Waals surface area contributed by atoms with E-state index in [4.69, 9.17) is 11.6 Å². The molecule has 1 unspecified atom stereocenters. The Morgan fingerprint density at radius 1 is 1.47 bits per heavy atom. The minimum atomic E-state index is -0.462. The van der Waals surface area contributed by atoms with E-state index in [0.717, 1.165) is 29.7 Å². The van der Waals surface area contributed by atoms with Gasteiger partial charge in [0.05, 0.1) is 11.1 Å². The molecule has 1 saturated carbocycles. The fraction of sp³-hybridized carbons (Fsp3) is 0.500. The molecule has 1 aromatic rings. The zero-order valence-corrected chi connectivity index (χ0v) is 12.8. The van der Waals surface area contributed by atoms with Gasteiger partial charge < -0.3 is 5.32 Å². The maximum atomic E-state index is 9.54. The molecule has 1 aliphatic carbocycles. The first kappa shape index (κ1) is 13.2. The highest BCUT2D eigenvalue weighted by atomic mass is 79.9. The first-order valence-electron chi connectivity index (χ1n) is 6.50. The molecule has 1 atom stereocenters. The van der Waals surface area contributed by atoms with E-state index >= 15 is 0 Å². The van der Waals surface area contributed by atoms with Crippen molar-refractivity contribution in [1.82, 2.24) is 4.90 Å². The molecule has 2 fully saturated rings. The van der Waals surface area contributed by atoms with Crippen molar-refractivity contribution in [2.45, 2.75) is 30.8 Å². The van der Waals surface area contributed by atoms with Crippen molar-refractivity contribution in [3.05, 3.63) is 27.7 Å². The van der Waals surface area contributed by atoms with Gasteiger partial charge in [0.1, 0.15) is 5.54 Å². The van der Waals surface area contributed by atoms with Crippen LogP contribution in [0.4, 0.5) is 5.69 Å². The van der Waals surface area contributed by atoms with E-state index in [1.165, 1.54) is 12.8 Å². The lowest BCUT2D eigenvalue weighted by molar-refractivity contribution is 0.319. The summed E-state index contributed by atoms with van der Waals surface area (Å²) in [5.41, 5.74) is 0.478. The Hall–Kier alpha value is -0.760. The Kier molecular flexibility index (Phi) is 3.46. The first-order chi connectivity index (χ1) is 9.12. The summed E-state index contributed by atoms with van der Waals surface area (Å²) in [6.07, 6.45) is 3.45. The smallest absolute Gasteiger partial charge is 0.139 e. The van der Waals surface area contributed by atoms with Gasteiger partial charge >= 0.3 is 0 Å². The predicted octanol–water partition coefficient (Wildman–Crippen LogP) is 3.64. The topological polar surface area (TPSA) is 39.1 Å². The van der Waals surface area contributed by atoms with Crippen LogP contribution in [-0.2, 0) is 0 Å². The zero-order valence-electron chi connectivity index (χ0n) is 10.5. The number of halogens is 2. The lowest BCUT2D eigenvalue weighted by Crippen LogP contribution is -2.40. The highest BCUT2D eigenvalue weighted by molar-refractivity contribution is 9.10.